The first-order valence-corrected chi connectivity index (χ1v) is 9.79. The molecule has 2 aromatic heterocycles. The number of rotatable bonds is 3. The van der Waals surface area contributed by atoms with Crippen LogP contribution in [-0.2, 0) is 16.1 Å². The van der Waals surface area contributed by atoms with Crippen LogP contribution in [-0.4, -0.2) is 83.3 Å². The minimum absolute atomic E-state index is 0.232. The van der Waals surface area contributed by atoms with E-state index in [1.165, 1.54) is 5.56 Å². The van der Waals surface area contributed by atoms with Crippen LogP contribution in [0.2, 0.25) is 0 Å². The van der Waals surface area contributed by atoms with Crippen LogP contribution in [0, 0.1) is 0 Å². The lowest BCUT2D eigenvalue weighted by atomic mass is 10.1. The zero-order chi connectivity index (χ0) is 19.1. The van der Waals surface area contributed by atoms with Crippen LogP contribution >= 0.6 is 0 Å². The lowest BCUT2D eigenvalue weighted by Gasteiger charge is -2.43. The minimum atomic E-state index is -0.384. The first-order chi connectivity index (χ1) is 13.7. The van der Waals surface area contributed by atoms with Gasteiger partial charge in [-0.3, -0.25) is 24.8 Å². The van der Waals surface area contributed by atoms with E-state index >= 15 is 0 Å². The van der Waals surface area contributed by atoms with Crippen LogP contribution in [0.5, 0.6) is 0 Å². The Bertz CT molecular complexity index is 912. The van der Waals surface area contributed by atoms with Gasteiger partial charge in [0.15, 0.2) is 0 Å². The largest absolute Gasteiger partial charge is 0.378 e. The summed E-state index contributed by atoms with van der Waals surface area (Å²) in [4.78, 5) is 30.2. The summed E-state index contributed by atoms with van der Waals surface area (Å²) in [5.74, 6) is -0.232. The summed E-state index contributed by atoms with van der Waals surface area (Å²) in [6.45, 7) is 7.05. The third kappa shape index (κ3) is 3.25. The molecule has 0 spiro atoms. The molecule has 0 aliphatic carbocycles. The van der Waals surface area contributed by atoms with Gasteiger partial charge in [-0.15, -0.1) is 0 Å². The number of morpholine rings is 1. The van der Waals surface area contributed by atoms with Crippen molar-refractivity contribution in [2.75, 3.05) is 50.8 Å². The highest BCUT2D eigenvalue weighted by atomic mass is 16.5. The average molecular weight is 384 g/mol. The highest BCUT2D eigenvalue weighted by Crippen LogP contribution is 2.25. The number of urea groups is 1. The van der Waals surface area contributed by atoms with E-state index < -0.39 is 0 Å². The van der Waals surface area contributed by atoms with Gasteiger partial charge in [-0.25, -0.2) is 9.31 Å². The fraction of sp³-hybridized carbons (Fsp3) is 0.526. The van der Waals surface area contributed by atoms with Crippen molar-refractivity contribution in [3.05, 3.63) is 30.1 Å². The van der Waals surface area contributed by atoms with E-state index in [4.69, 9.17) is 4.74 Å². The minimum Gasteiger partial charge on any atom is -0.378 e. The van der Waals surface area contributed by atoms with E-state index in [-0.39, 0.29) is 11.9 Å². The molecule has 28 heavy (non-hydrogen) atoms. The number of pyridine rings is 1. The Morgan fingerprint density at radius 3 is 3.04 bits per heavy atom. The number of hydrogen-bond acceptors (Lipinski definition) is 6. The van der Waals surface area contributed by atoms with Crippen LogP contribution in [0.25, 0.3) is 5.52 Å². The topological polar surface area (TPSA) is 82.4 Å². The van der Waals surface area contributed by atoms with Crippen LogP contribution in [0.1, 0.15) is 12.0 Å². The molecule has 0 bridgehead atoms. The van der Waals surface area contributed by atoms with Crippen molar-refractivity contribution in [3.63, 3.8) is 0 Å². The molecule has 3 aliphatic heterocycles. The molecule has 148 valence electrons. The molecule has 1 atom stereocenters. The first-order valence-electron chi connectivity index (χ1n) is 9.79. The summed E-state index contributed by atoms with van der Waals surface area (Å²) in [6, 6.07) is 4.26. The number of amides is 3. The van der Waals surface area contributed by atoms with E-state index in [1.807, 2.05) is 6.20 Å². The molecule has 0 saturated carbocycles. The molecule has 3 aliphatic rings. The van der Waals surface area contributed by atoms with Gasteiger partial charge < -0.3 is 4.74 Å². The molecule has 5 rings (SSSR count). The summed E-state index contributed by atoms with van der Waals surface area (Å²) in [5.41, 5.74) is 2.80. The molecule has 5 heterocycles. The highest BCUT2D eigenvalue weighted by Gasteiger charge is 2.30. The van der Waals surface area contributed by atoms with Gasteiger partial charge in [0.05, 0.1) is 30.6 Å². The summed E-state index contributed by atoms with van der Waals surface area (Å²) < 4.78 is 7.41. The number of nitrogens with one attached hydrogen (secondary N) is 1. The van der Waals surface area contributed by atoms with Crippen molar-refractivity contribution < 1.29 is 14.3 Å². The lowest BCUT2D eigenvalue weighted by Crippen LogP contribution is -2.57. The quantitative estimate of drug-likeness (QED) is 0.820. The monoisotopic (exact) mass is 384 g/mol. The number of imide groups is 1. The number of anilines is 1. The number of carbonyl (C=O) groups excluding carboxylic acids is 2. The van der Waals surface area contributed by atoms with Crippen molar-refractivity contribution >= 4 is 23.1 Å². The van der Waals surface area contributed by atoms with Gasteiger partial charge in [-0.2, -0.15) is 5.10 Å². The SMILES string of the molecule is O=C1CCN(c2cnn3ccc(CN4CCN5CCOC[C@H]5C4)cc23)C(=O)N1. The molecule has 0 aromatic carbocycles. The molecule has 3 saturated heterocycles. The molecule has 0 radical (unpaired) electrons. The maximum Gasteiger partial charge on any atom is 0.328 e. The summed E-state index contributed by atoms with van der Waals surface area (Å²) in [6.07, 6.45) is 3.92. The Kier molecular flexibility index (Phi) is 4.50. The molecule has 9 heteroatoms. The van der Waals surface area contributed by atoms with Gasteiger partial charge in [0, 0.05) is 57.9 Å². The van der Waals surface area contributed by atoms with Crippen molar-refractivity contribution in [1.29, 1.82) is 0 Å². The second-order valence-corrected chi connectivity index (χ2v) is 7.65. The molecule has 0 unspecified atom stereocenters. The van der Waals surface area contributed by atoms with E-state index in [0.717, 1.165) is 57.1 Å². The van der Waals surface area contributed by atoms with Gasteiger partial charge in [-0.05, 0) is 17.7 Å². The van der Waals surface area contributed by atoms with Crippen LogP contribution in [0.4, 0.5) is 10.5 Å². The number of aromatic nitrogens is 2. The molecule has 3 amide bonds. The number of hydrogen-bond donors (Lipinski definition) is 1. The molecule has 3 fully saturated rings. The Balaban J connectivity index is 1.35. The maximum atomic E-state index is 12.2. The smallest absolute Gasteiger partial charge is 0.328 e. The number of ether oxygens (including phenoxy) is 1. The average Bonchev–Trinajstić information content (AvgIpc) is 3.11. The second kappa shape index (κ2) is 7.16. The van der Waals surface area contributed by atoms with Gasteiger partial charge in [0.2, 0.25) is 5.91 Å². The molecular formula is C19H24N6O3. The standard InChI is InChI=1S/C19H24N6O3/c26-18-2-3-24(19(27)21-18)17-10-20-25-4-1-14(9-16(17)25)11-22-5-6-23-7-8-28-13-15(23)12-22/h1,4,9-10,15H,2-3,5-8,11-13H2,(H,21,26,27)/t15-/m1/s1. The first kappa shape index (κ1) is 17.6. The van der Waals surface area contributed by atoms with Crippen molar-refractivity contribution in [2.45, 2.75) is 19.0 Å². The number of carbonyl (C=O) groups is 2. The number of fused-ring (bicyclic) bond motifs is 2. The highest BCUT2D eigenvalue weighted by molar-refractivity contribution is 6.07. The zero-order valence-electron chi connectivity index (χ0n) is 15.7. The predicted molar refractivity (Wildman–Crippen MR) is 102 cm³/mol. The van der Waals surface area contributed by atoms with Crippen molar-refractivity contribution in [2.24, 2.45) is 0 Å². The normalized spacial score (nSPS) is 24.4. The predicted octanol–water partition coefficient (Wildman–Crippen LogP) is 0.297. The summed E-state index contributed by atoms with van der Waals surface area (Å²) >= 11 is 0. The lowest BCUT2D eigenvalue weighted by molar-refractivity contribution is -0.120. The summed E-state index contributed by atoms with van der Waals surface area (Å²) in [7, 11) is 0. The Labute approximate surface area is 162 Å². The molecular weight excluding hydrogens is 360 g/mol. The van der Waals surface area contributed by atoms with E-state index in [0.29, 0.717) is 19.0 Å². The fourth-order valence-corrected chi connectivity index (χ4v) is 4.32. The fourth-order valence-electron chi connectivity index (χ4n) is 4.32. The maximum absolute atomic E-state index is 12.2. The van der Waals surface area contributed by atoms with E-state index in [9.17, 15) is 9.59 Å². The third-order valence-electron chi connectivity index (χ3n) is 5.84. The van der Waals surface area contributed by atoms with Crippen LogP contribution in [0.15, 0.2) is 24.5 Å². The molecule has 1 N–H and O–H groups in total. The summed E-state index contributed by atoms with van der Waals surface area (Å²) in [5, 5.41) is 6.74. The Morgan fingerprint density at radius 2 is 2.14 bits per heavy atom. The van der Waals surface area contributed by atoms with E-state index in [2.05, 4.69) is 32.3 Å². The zero-order valence-corrected chi connectivity index (χ0v) is 15.7. The van der Waals surface area contributed by atoms with Gasteiger partial charge >= 0.3 is 6.03 Å². The number of piperazine rings is 1. The molecule has 2 aromatic rings. The molecule has 9 nitrogen and oxygen atoms in total. The Morgan fingerprint density at radius 1 is 1.21 bits per heavy atom. The van der Waals surface area contributed by atoms with Gasteiger partial charge in [0.1, 0.15) is 0 Å². The third-order valence-corrected chi connectivity index (χ3v) is 5.84. The Hall–Kier alpha value is -2.49. The second-order valence-electron chi connectivity index (χ2n) is 7.65. The van der Waals surface area contributed by atoms with Crippen LogP contribution in [0.3, 0.4) is 0 Å². The van der Waals surface area contributed by atoms with Gasteiger partial charge in [-0.1, -0.05) is 0 Å². The van der Waals surface area contributed by atoms with Crippen molar-refractivity contribution in [3.8, 4) is 0 Å². The number of nitrogens with zero attached hydrogens (tertiary/aromatic N) is 5. The van der Waals surface area contributed by atoms with Crippen LogP contribution < -0.4 is 10.2 Å². The van der Waals surface area contributed by atoms with E-state index in [1.54, 1.807) is 15.6 Å². The van der Waals surface area contributed by atoms with Crippen molar-refractivity contribution in [1.82, 2.24) is 24.7 Å². The van der Waals surface area contributed by atoms with Gasteiger partial charge in [0.25, 0.3) is 0 Å².